The molecule has 2 nitrogen and oxygen atoms in total. The van der Waals surface area contributed by atoms with Crippen LogP contribution in [0.15, 0.2) is 47.4 Å². The second-order valence-corrected chi connectivity index (χ2v) is 6.08. The minimum Gasteiger partial charge on any atom is -0.293 e. The molecule has 0 N–H and O–H groups in total. The number of ketones is 1. The molecule has 0 spiro atoms. The fourth-order valence-corrected chi connectivity index (χ4v) is 3.21. The van der Waals surface area contributed by atoms with E-state index in [1.165, 1.54) is 18.2 Å². The van der Waals surface area contributed by atoms with Gasteiger partial charge in [0.05, 0.1) is 22.1 Å². The van der Waals surface area contributed by atoms with Crippen LogP contribution >= 0.6 is 0 Å². The number of Topliss-reactive ketones (excluding diaryl/α,β-unsaturated/α-hetero) is 1. The third-order valence-electron chi connectivity index (χ3n) is 3.03. The first-order valence-corrected chi connectivity index (χ1v) is 7.54. The van der Waals surface area contributed by atoms with Crippen LogP contribution in [0.5, 0.6) is 0 Å². The third-order valence-corrected chi connectivity index (χ3v) is 4.48. The van der Waals surface area contributed by atoms with Crippen molar-refractivity contribution in [2.75, 3.05) is 5.75 Å². The van der Waals surface area contributed by atoms with Crippen molar-refractivity contribution in [1.82, 2.24) is 0 Å². The monoisotopic (exact) mass is 290 g/mol. The van der Waals surface area contributed by atoms with Crippen molar-refractivity contribution in [1.29, 1.82) is 0 Å². The van der Waals surface area contributed by atoms with Crippen molar-refractivity contribution in [3.63, 3.8) is 0 Å². The number of hydrogen-bond donors (Lipinski definition) is 0. The number of carbonyl (C=O) groups is 1. The molecule has 0 aliphatic heterocycles. The summed E-state index contributed by atoms with van der Waals surface area (Å²) in [7, 11) is -1.46. The minimum absolute atomic E-state index is 0.00819. The third kappa shape index (κ3) is 3.20. The highest BCUT2D eigenvalue weighted by Gasteiger charge is 2.16. The van der Waals surface area contributed by atoms with Gasteiger partial charge in [-0.15, -0.1) is 0 Å². The van der Waals surface area contributed by atoms with Crippen LogP contribution in [-0.4, -0.2) is 15.7 Å². The van der Waals surface area contributed by atoms with Crippen LogP contribution in [-0.2, 0) is 10.8 Å². The summed E-state index contributed by atoms with van der Waals surface area (Å²) in [4.78, 5) is 12.6. The molecule has 0 amide bonds. The van der Waals surface area contributed by atoms with Gasteiger partial charge >= 0.3 is 0 Å². The average Bonchev–Trinajstić information content (AvgIpc) is 2.41. The van der Waals surface area contributed by atoms with Crippen molar-refractivity contribution in [2.24, 2.45) is 0 Å². The number of hydrogen-bond acceptors (Lipinski definition) is 2. The zero-order valence-electron chi connectivity index (χ0n) is 11.4. The summed E-state index contributed by atoms with van der Waals surface area (Å²) in [6.07, 6.45) is 0. The van der Waals surface area contributed by atoms with Crippen molar-refractivity contribution < 1.29 is 13.4 Å². The Morgan fingerprint density at radius 3 is 2.55 bits per heavy atom. The standard InChI is InChI=1S/C16H15FO2S/c1-11-7-8-12(2)16(9-11)20(19)10-15(18)13-5-3-4-6-14(13)17/h3-9H,10H2,1-2H3. The number of rotatable bonds is 4. The zero-order valence-corrected chi connectivity index (χ0v) is 12.2. The maximum Gasteiger partial charge on any atom is 0.178 e. The molecule has 20 heavy (non-hydrogen) atoms. The molecule has 0 heterocycles. The van der Waals surface area contributed by atoms with E-state index in [9.17, 15) is 13.4 Å². The predicted molar refractivity (Wildman–Crippen MR) is 77.9 cm³/mol. The van der Waals surface area contributed by atoms with E-state index in [1.54, 1.807) is 12.1 Å². The Morgan fingerprint density at radius 2 is 1.85 bits per heavy atom. The van der Waals surface area contributed by atoms with Gasteiger partial charge in [-0.2, -0.15) is 0 Å². The fraction of sp³-hybridized carbons (Fsp3) is 0.188. The highest BCUT2D eigenvalue weighted by molar-refractivity contribution is 7.85. The van der Waals surface area contributed by atoms with Crippen LogP contribution in [0, 0.1) is 19.7 Å². The molecule has 4 heteroatoms. The summed E-state index contributed by atoms with van der Waals surface area (Å²) in [5.41, 5.74) is 1.85. The molecule has 0 saturated heterocycles. The van der Waals surface area contributed by atoms with E-state index in [-0.39, 0.29) is 11.3 Å². The minimum atomic E-state index is -1.46. The molecular formula is C16H15FO2S. The SMILES string of the molecule is Cc1ccc(C)c(S(=O)CC(=O)c2ccccc2F)c1. The lowest BCUT2D eigenvalue weighted by Gasteiger charge is -2.07. The molecule has 2 aromatic carbocycles. The number of benzene rings is 2. The summed E-state index contributed by atoms with van der Waals surface area (Å²) in [5.74, 6) is -1.22. The van der Waals surface area contributed by atoms with Crippen molar-refractivity contribution >= 4 is 16.6 Å². The van der Waals surface area contributed by atoms with Crippen LogP contribution in [0.2, 0.25) is 0 Å². The summed E-state index contributed by atoms with van der Waals surface area (Å²) >= 11 is 0. The molecule has 2 aromatic rings. The molecule has 1 atom stereocenters. The Kier molecular flexibility index (Phi) is 4.45. The first-order chi connectivity index (χ1) is 9.49. The lowest BCUT2D eigenvalue weighted by atomic mass is 10.1. The van der Waals surface area contributed by atoms with Gasteiger partial charge in [-0.3, -0.25) is 9.00 Å². The van der Waals surface area contributed by atoms with E-state index in [0.29, 0.717) is 4.90 Å². The van der Waals surface area contributed by atoms with Gasteiger partial charge in [0.15, 0.2) is 5.78 Å². The molecule has 1 unspecified atom stereocenters. The Labute approximate surface area is 120 Å². The smallest absolute Gasteiger partial charge is 0.178 e. The molecule has 0 saturated carbocycles. The first-order valence-electron chi connectivity index (χ1n) is 6.22. The number of carbonyl (C=O) groups excluding carboxylic acids is 1. The maximum atomic E-state index is 13.5. The summed E-state index contributed by atoms with van der Waals surface area (Å²) < 4.78 is 25.8. The Morgan fingerprint density at radius 1 is 1.15 bits per heavy atom. The molecule has 0 radical (unpaired) electrons. The van der Waals surface area contributed by atoms with E-state index in [4.69, 9.17) is 0 Å². The molecule has 0 aliphatic carbocycles. The van der Waals surface area contributed by atoms with E-state index < -0.39 is 22.4 Å². The molecule has 2 rings (SSSR count). The molecule has 0 bridgehead atoms. The second kappa shape index (κ2) is 6.09. The van der Waals surface area contributed by atoms with Gasteiger partial charge in [-0.25, -0.2) is 4.39 Å². The normalized spacial score (nSPS) is 12.2. The molecule has 0 aromatic heterocycles. The van der Waals surface area contributed by atoms with Crippen LogP contribution < -0.4 is 0 Å². The molecule has 0 aliphatic rings. The summed E-state index contributed by atoms with van der Waals surface area (Å²) in [5, 5.41) is 0. The van der Waals surface area contributed by atoms with Gasteiger partial charge in [0.1, 0.15) is 5.82 Å². The quantitative estimate of drug-likeness (QED) is 0.808. The summed E-state index contributed by atoms with van der Waals surface area (Å²) in [6.45, 7) is 3.75. The lowest BCUT2D eigenvalue weighted by Crippen LogP contribution is -2.13. The van der Waals surface area contributed by atoms with Crippen LogP contribution in [0.25, 0.3) is 0 Å². The second-order valence-electron chi connectivity index (χ2n) is 4.66. The van der Waals surface area contributed by atoms with Gasteiger partial charge < -0.3 is 0 Å². The van der Waals surface area contributed by atoms with E-state index in [2.05, 4.69) is 0 Å². The van der Waals surface area contributed by atoms with Crippen molar-refractivity contribution in [3.8, 4) is 0 Å². The zero-order chi connectivity index (χ0) is 14.7. The van der Waals surface area contributed by atoms with Gasteiger partial charge in [0, 0.05) is 4.90 Å². The Balaban J connectivity index is 2.22. The van der Waals surface area contributed by atoms with Crippen molar-refractivity contribution in [3.05, 3.63) is 65.0 Å². The lowest BCUT2D eigenvalue weighted by molar-refractivity contribution is 0.101. The highest BCUT2D eigenvalue weighted by Crippen LogP contribution is 2.17. The van der Waals surface area contributed by atoms with Gasteiger partial charge in [-0.1, -0.05) is 24.3 Å². The van der Waals surface area contributed by atoms with E-state index >= 15 is 0 Å². The van der Waals surface area contributed by atoms with Crippen LogP contribution in [0.3, 0.4) is 0 Å². The highest BCUT2D eigenvalue weighted by atomic mass is 32.2. The summed E-state index contributed by atoms with van der Waals surface area (Å²) in [6, 6.07) is 11.4. The van der Waals surface area contributed by atoms with Crippen LogP contribution in [0.1, 0.15) is 21.5 Å². The first kappa shape index (κ1) is 14.6. The largest absolute Gasteiger partial charge is 0.293 e. The van der Waals surface area contributed by atoms with Gasteiger partial charge in [0.25, 0.3) is 0 Å². The maximum absolute atomic E-state index is 13.5. The Hall–Kier alpha value is -1.81. The molecule has 104 valence electrons. The van der Waals surface area contributed by atoms with E-state index in [0.717, 1.165) is 11.1 Å². The average molecular weight is 290 g/mol. The van der Waals surface area contributed by atoms with Crippen molar-refractivity contribution in [2.45, 2.75) is 18.7 Å². The predicted octanol–water partition coefficient (Wildman–Crippen LogP) is 3.43. The number of aryl methyl sites for hydroxylation is 2. The molecular weight excluding hydrogens is 275 g/mol. The van der Waals surface area contributed by atoms with E-state index in [1.807, 2.05) is 26.0 Å². The fourth-order valence-electron chi connectivity index (χ4n) is 1.91. The molecule has 0 fully saturated rings. The number of halogens is 1. The van der Waals surface area contributed by atoms with Gasteiger partial charge in [0.2, 0.25) is 0 Å². The topological polar surface area (TPSA) is 34.1 Å². The van der Waals surface area contributed by atoms with Crippen LogP contribution in [0.4, 0.5) is 4.39 Å². The Bertz CT molecular complexity index is 680. The van der Waals surface area contributed by atoms with Gasteiger partial charge in [-0.05, 0) is 43.2 Å².